The zero-order valence-electron chi connectivity index (χ0n) is 24.1. The summed E-state index contributed by atoms with van der Waals surface area (Å²) < 4.78 is 2.18. The van der Waals surface area contributed by atoms with E-state index in [1.165, 1.54) is 24.1 Å². The van der Waals surface area contributed by atoms with Crippen LogP contribution in [0.2, 0.25) is 0 Å². The van der Waals surface area contributed by atoms with Crippen LogP contribution in [-0.4, -0.2) is 46.4 Å². The van der Waals surface area contributed by atoms with Gasteiger partial charge in [0.1, 0.15) is 5.82 Å². The van der Waals surface area contributed by atoms with Crippen LogP contribution in [0.4, 0.5) is 11.8 Å². The highest BCUT2D eigenvalue weighted by atomic mass is 15.3. The van der Waals surface area contributed by atoms with Crippen LogP contribution in [0.25, 0.3) is 10.9 Å². The van der Waals surface area contributed by atoms with Gasteiger partial charge in [0.15, 0.2) is 0 Å². The summed E-state index contributed by atoms with van der Waals surface area (Å²) in [6.07, 6.45) is 4.69. The highest BCUT2D eigenvalue weighted by Gasteiger charge is 2.23. The lowest BCUT2D eigenvalue weighted by atomic mass is 9.86. The lowest BCUT2D eigenvalue weighted by Crippen LogP contribution is -2.32. The molecule has 206 valence electrons. The van der Waals surface area contributed by atoms with E-state index in [-0.39, 0.29) is 5.41 Å². The van der Waals surface area contributed by atoms with Crippen LogP contribution in [0.1, 0.15) is 63.4 Å². The molecule has 4 aromatic rings. The summed E-state index contributed by atoms with van der Waals surface area (Å²) in [6, 6.07) is 21.5. The minimum Gasteiger partial charge on any atom is -0.362 e. The van der Waals surface area contributed by atoms with E-state index < -0.39 is 0 Å². The molecule has 2 aromatic heterocycles. The highest BCUT2D eigenvalue weighted by Crippen LogP contribution is 2.28. The van der Waals surface area contributed by atoms with Crippen molar-refractivity contribution >= 4 is 22.7 Å². The van der Waals surface area contributed by atoms with E-state index in [0.29, 0.717) is 12.0 Å². The van der Waals surface area contributed by atoms with E-state index in [2.05, 4.69) is 89.5 Å². The lowest BCUT2D eigenvalue weighted by Gasteiger charge is -2.29. The van der Waals surface area contributed by atoms with Gasteiger partial charge in [0, 0.05) is 37.5 Å². The maximum atomic E-state index is 4.98. The van der Waals surface area contributed by atoms with Gasteiger partial charge in [-0.25, -0.2) is 4.98 Å². The van der Waals surface area contributed by atoms with Crippen molar-refractivity contribution in [1.29, 1.82) is 0 Å². The second-order valence-electron chi connectivity index (χ2n) is 12.2. The summed E-state index contributed by atoms with van der Waals surface area (Å²) in [7, 11) is 4.07. The standard InChI is InChI=1S/C32H43N7/c1-32(2,3)29-19-26(39(37-29)22-24-11-7-6-8-12-24)21-33-20-23-15-17-25(18-16-23)34-31-35-28-14-10-9-13-27(28)30(36-31)38(4)5/h6-14,19,23,25,33H,15-18,20-22H2,1-5H3,(H,34,35,36). The fourth-order valence-electron chi connectivity index (χ4n) is 5.42. The fourth-order valence-corrected chi connectivity index (χ4v) is 5.42. The quantitative estimate of drug-likeness (QED) is 0.279. The molecule has 0 atom stereocenters. The molecule has 2 heterocycles. The van der Waals surface area contributed by atoms with E-state index in [4.69, 9.17) is 15.1 Å². The number of benzene rings is 2. The van der Waals surface area contributed by atoms with Crippen LogP contribution in [0.3, 0.4) is 0 Å². The van der Waals surface area contributed by atoms with Crippen molar-refractivity contribution in [1.82, 2.24) is 25.1 Å². The third-order valence-electron chi connectivity index (χ3n) is 7.73. The fraction of sp³-hybridized carbons (Fsp3) is 0.469. The van der Waals surface area contributed by atoms with Gasteiger partial charge in [-0.15, -0.1) is 0 Å². The van der Waals surface area contributed by atoms with Crippen molar-refractivity contribution in [3.05, 3.63) is 77.6 Å². The normalized spacial score (nSPS) is 17.9. The first kappa shape index (κ1) is 27.1. The number of fused-ring (bicyclic) bond motifs is 1. The Labute approximate surface area is 233 Å². The molecule has 0 unspecified atom stereocenters. The molecular formula is C32H43N7. The Kier molecular flexibility index (Phi) is 8.17. The maximum absolute atomic E-state index is 4.98. The average Bonchev–Trinajstić information content (AvgIpc) is 3.33. The molecule has 0 saturated heterocycles. The molecule has 39 heavy (non-hydrogen) atoms. The van der Waals surface area contributed by atoms with E-state index >= 15 is 0 Å². The zero-order chi connectivity index (χ0) is 27.4. The molecule has 0 radical (unpaired) electrons. The van der Waals surface area contributed by atoms with E-state index in [0.717, 1.165) is 60.8 Å². The van der Waals surface area contributed by atoms with Crippen molar-refractivity contribution in [2.75, 3.05) is 30.9 Å². The number of aromatic nitrogens is 4. The van der Waals surface area contributed by atoms with Gasteiger partial charge in [0.05, 0.1) is 23.4 Å². The molecule has 1 aliphatic carbocycles. The highest BCUT2D eigenvalue weighted by molar-refractivity contribution is 5.90. The molecule has 1 aliphatic rings. The predicted octanol–water partition coefficient (Wildman–Crippen LogP) is 6.00. The van der Waals surface area contributed by atoms with Gasteiger partial charge >= 0.3 is 0 Å². The number of rotatable bonds is 9. The topological polar surface area (TPSA) is 70.9 Å². The number of hydrogen-bond acceptors (Lipinski definition) is 6. The SMILES string of the molecule is CN(C)c1nc(NC2CCC(CNCc3cc(C(C)(C)C)nn3Cc3ccccc3)CC2)nc2ccccc12. The molecule has 2 N–H and O–H groups in total. The van der Waals surface area contributed by atoms with Crippen molar-refractivity contribution in [2.45, 2.75) is 71.0 Å². The van der Waals surface area contributed by atoms with Gasteiger partial charge in [0.25, 0.3) is 0 Å². The monoisotopic (exact) mass is 525 g/mol. The number of nitrogens with zero attached hydrogens (tertiary/aromatic N) is 5. The van der Waals surface area contributed by atoms with E-state index in [1.807, 2.05) is 26.2 Å². The molecule has 1 saturated carbocycles. The van der Waals surface area contributed by atoms with Crippen LogP contribution in [0.5, 0.6) is 0 Å². The van der Waals surface area contributed by atoms with Gasteiger partial charge in [0.2, 0.25) is 5.95 Å². The molecular weight excluding hydrogens is 482 g/mol. The zero-order valence-corrected chi connectivity index (χ0v) is 24.1. The van der Waals surface area contributed by atoms with Crippen LogP contribution in [0.15, 0.2) is 60.7 Å². The molecule has 1 fully saturated rings. The first-order valence-corrected chi connectivity index (χ1v) is 14.3. The minimum absolute atomic E-state index is 0.0319. The Morgan fingerprint density at radius 2 is 1.64 bits per heavy atom. The minimum atomic E-state index is 0.0319. The number of hydrogen-bond donors (Lipinski definition) is 2. The number of para-hydroxylation sites is 1. The van der Waals surface area contributed by atoms with Crippen molar-refractivity contribution < 1.29 is 0 Å². The second kappa shape index (κ2) is 11.7. The van der Waals surface area contributed by atoms with Gasteiger partial charge in [-0.05, 0) is 61.9 Å². The Bertz CT molecular complexity index is 1360. The number of nitrogens with one attached hydrogen (secondary N) is 2. The Morgan fingerprint density at radius 3 is 2.36 bits per heavy atom. The van der Waals surface area contributed by atoms with Crippen molar-refractivity contribution in [3.8, 4) is 0 Å². The Morgan fingerprint density at radius 1 is 0.923 bits per heavy atom. The maximum Gasteiger partial charge on any atom is 0.225 e. The third kappa shape index (κ3) is 6.77. The van der Waals surface area contributed by atoms with Crippen molar-refractivity contribution in [3.63, 3.8) is 0 Å². The molecule has 0 aliphatic heterocycles. The van der Waals surface area contributed by atoms with E-state index in [1.54, 1.807) is 0 Å². The van der Waals surface area contributed by atoms with Crippen molar-refractivity contribution in [2.24, 2.45) is 5.92 Å². The van der Waals surface area contributed by atoms with Gasteiger partial charge in [-0.3, -0.25) is 4.68 Å². The molecule has 0 spiro atoms. The molecule has 7 nitrogen and oxygen atoms in total. The van der Waals surface area contributed by atoms with Gasteiger partial charge in [-0.1, -0.05) is 63.2 Å². The smallest absolute Gasteiger partial charge is 0.225 e. The van der Waals surface area contributed by atoms with Gasteiger partial charge < -0.3 is 15.5 Å². The summed E-state index contributed by atoms with van der Waals surface area (Å²) in [6.45, 7) is 9.37. The molecule has 2 aromatic carbocycles. The summed E-state index contributed by atoms with van der Waals surface area (Å²) in [5.74, 6) is 2.38. The molecule has 0 bridgehead atoms. The average molecular weight is 526 g/mol. The summed E-state index contributed by atoms with van der Waals surface area (Å²) in [5.41, 5.74) is 4.70. The molecule has 7 heteroatoms. The van der Waals surface area contributed by atoms with Gasteiger partial charge in [-0.2, -0.15) is 10.1 Å². The molecule has 0 amide bonds. The first-order chi connectivity index (χ1) is 18.8. The lowest BCUT2D eigenvalue weighted by molar-refractivity contribution is 0.322. The van der Waals surface area contributed by atoms with E-state index in [9.17, 15) is 0 Å². The largest absolute Gasteiger partial charge is 0.362 e. The van der Waals surface area contributed by atoms with Crippen LogP contribution >= 0.6 is 0 Å². The Balaban J connectivity index is 1.15. The van der Waals surface area contributed by atoms with Crippen LogP contribution in [0, 0.1) is 5.92 Å². The second-order valence-corrected chi connectivity index (χ2v) is 12.2. The Hall–Kier alpha value is -3.45. The third-order valence-corrected chi connectivity index (χ3v) is 7.73. The number of anilines is 2. The summed E-state index contributed by atoms with van der Waals surface area (Å²) in [5, 5.41) is 13.5. The van der Waals surface area contributed by atoms with Crippen LogP contribution < -0.4 is 15.5 Å². The van der Waals surface area contributed by atoms with Crippen LogP contribution in [-0.2, 0) is 18.5 Å². The summed E-state index contributed by atoms with van der Waals surface area (Å²) in [4.78, 5) is 11.7. The summed E-state index contributed by atoms with van der Waals surface area (Å²) >= 11 is 0. The first-order valence-electron chi connectivity index (χ1n) is 14.3. The predicted molar refractivity (Wildman–Crippen MR) is 161 cm³/mol. The molecule has 5 rings (SSSR count).